The van der Waals surface area contributed by atoms with Gasteiger partial charge in [0.15, 0.2) is 0 Å². The topological polar surface area (TPSA) is 140 Å². The summed E-state index contributed by atoms with van der Waals surface area (Å²) in [4.78, 5) is 20.3. The first kappa shape index (κ1) is 20.7. The summed E-state index contributed by atoms with van der Waals surface area (Å²) in [5, 5.41) is 11.2. The molecule has 0 aliphatic heterocycles. The molecule has 8 nitrogen and oxygen atoms in total. The van der Waals surface area contributed by atoms with E-state index in [1.54, 1.807) is 0 Å². The Labute approximate surface area is 170 Å². The number of unbranched alkanes of at least 4 members (excludes halogenated alkanes) is 3. The minimum Gasteiger partial charge on any atom is -0.386 e. The summed E-state index contributed by atoms with van der Waals surface area (Å²) in [5.41, 5.74) is 13.9. The minimum atomic E-state index is -0.883. The molecule has 2 heterocycles. The summed E-state index contributed by atoms with van der Waals surface area (Å²) in [6.07, 6.45) is 4.12. The molecule has 0 bridgehead atoms. The van der Waals surface area contributed by atoms with Crippen LogP contribution in [0.25, 0.3) is 11.4 Å². The number of benzene rings is 1. The standard InChI is InChI=1S/C21H29N7O/c1-3-4-5-9-12-15(19-26-20(22)28-21(23)27-19)17(29)16-13(2)24-18(25-16)14-10-7-6-8-11-14/h6-8,10-11,15,17,29H,3-5,9,12H2,1-2H3,(H,24,25)(H4,22,23,26,27,28). The van der Waals surface area contributed by atoms with Crippen molar-refractivity contribution in [3.05, 3.63) is 47.5 Å². The minimum absolute atomic E-state index is 0.0574. The number of imidazole rings is 1. The van der Waals surface area contributed by atoms with Gasteiger partial charge in [-0.15, -0.1) is 0 Å². The average molecular weight is 396 g/mol. The van der Waals surface area contributed by atoms with Crippen LogP contribution in [0.5, 0.6) is 0 Å². The van der Waals surface area contributed by atoms with Gasteiger partial charge in [-0.3, -0.25) is 0 Å². The van der Waals surface area contributed by atoms with Gasteiger partial charge in [0.05, 0.1) is 11.6 Å². The fraction of sp³-hybridized carbons (Fsp3) is 0.429. The lowest BCUT2D eigenvalue weighted by Crippen LogP contribution is -2.18. The monoisotopic (exact) mass is 395 g/mol. The zero-order chi connectivity index (χ0) is 20.8. The van der Waals surface area contributed by atoms with Gasteiger partial charge in [0, 0.05) is 11.3 Å². The molecule has 29 heavy (non-hydrogen) atoms. The van der Waals surface area contributed by atoms with E-state index < -0.39 is 6.10 Å². The van der Waals surface area contributed by atoms with Crippen molar-refractivity contribution in [1.29, 1.82) is 0 Å². The molecule has 0 radical (unpaired) electrons. The molecule has 2 unspecified atom stereocenters. The number of aryl methyl sites for hydroxylation is 1. The highest BCUT2D eigenvalue weighted by Gasteiger charge is 2.29. The fourth-order valence-electron chi connectivity index (χ4n) is 3.50. The Morgan fingerprint density at radius 3 is 2.31 bits per heavy atom. The normalized spacial score (nSPS) is 13.3. The number of aliphatic hydroxyl groups excluding tert-OH is 1. The molecule has 0 aliphatic carbocycles. The lowest BCUT2D eigenvalue weighted by molar-refractivity contribution is 0.130. The molecule has 0 saturated heterocycles. The fourth-order valence-corrected chi connectivity index (χ4v) is 3.50. The third-order valence-corrected chi connectivity index (χ3v) is 5.02. The predicted molar refractivity (Wildman–Crippen MR) is 114 cm³/mol. The second-order valence-electron chi connectivity index (χ2n) is 7.27. The molecule has 2 atom stereocenters. The number of nitrogens with two attached hydrogens (primary N) is 2. The van der Waals surface area contributed by atoms with Crippen LogP contribution in [0.1, 0.15) is 68.3 Å². The second-order valence-corrected chi connectivity index (χ2v) is 7.27. The van der Waals surface area contributed by atoms with Crippen molar-refractivity contribution in [2.75, 3.05) is 11.5 Å². The van der Waals surface area contributed by atoms with Crippen molar-refractivity contribution in [3.63, 3.8) is 0 Å². The van der Waals surface area contributed by atoms with Gasteiger partial charge >= 0.3 is 0 Å². The van der Waals surface area contributed by atoms with Crippen LogP contribution in [0, 0.1) is 6.92 Å². The number of aromatic nitrogens is 5. The van der Waals surface area contributed by atoms with E-state index in [4.69, 9.17) is 11.5 Å². The zero-order valence-corrected chi connectivity index (χ0v) is 17.0. The van der Waals surface area contributed by atoms with Crippen LogP contribution < -0.4 is 11.5 Å². The Bertz CT molecular complexity index is 906. The van der Waals surface area contributed by atoms with Gasteiger partial charge in [0.1, 0.15) is 17.8 Å². The Morgan fingerprint density at radius 1 is 0.966 bits per heavy atom. The van der Waals surface area contributed by atoms with E-state index >= 15 is 0 Å². The van der Waals surface area contributed by atoms with Gasteiger partial charge in [-0.05, 0) is 13.3 Å². The number of hydrogen-bond acceptors (Lipinski definition) is 7. The molecule has 0 saturated carbocycles. The zero-order valence-electron chi connectivity index (χ0n) is 17.0. The number of rotatable bonds is 9. The number of aromatic amines is 1. The number of aliphatic hydroxyl groups is 1. The summed E-state index contributed by atoms with van der Waals surface area (Å²) in [6.45, 7) is 4.07. The Hall–Kier alpha value is -3.00. The first-order chi connectivity index (χ1) is 14.0. The van der Waals surface area contributed by atoms with Crippen molar-refractivity contribution in [3.8, 4) is 11.4 Å². The lowest BCUT2D eigenvalue weighted by atomic mass is 9.91. The van der Waals surface area contributed by atoms with Gasteiger partial charge in [0.2, 0.25) is 11.9 Å². The van der Waals surface area contributed by atoms with Gasteiger partial charge in [0.25, 0.3) is 0 Å². The number of nitrogens with zero attached hydrogens (tertiary/aromatic N) is 4. The molecule has 154 valence electrons. The van der Waals surface area contributed by atoms with E-state index in [0.717, 1.165) is 42.8 Å². The summed E-state index contributed by atoms with van der Waals surface area (Å²) in [7, 11) is 0. The summed E-state index contributed by atoms with van der Waals surface area (Å²) in [5.74, 6) is 0.869. The largest absolute Gasteiger partial charge is 0.386 e. The van der Waals surface area contributed by atoms with Crippen LogP contribution in [0.4, 0.5) is 11.9 Å². The maximum atomic E-state index is 11.2. The van der Waals surface area contributed by atoms with E-state index in [-0.39, 0.29) is 17.8 Å². The third-order valence-electron chi connectivity index (χ3n) is 5.02. The molecule has 1 aromatic carbocycles. The number of hydrogen-bond donors (Lipinski definition) is 4. The smallest absolute Gasteiger partial charge is 0.225 e. The summed E-state index contributed by atoms with van der Waals surface area (Å²) < 4.78 is 0. The second kappa shape index (κ2) is 9.47. The molecule has 6 N–H and O–H groups in total. The molecular weight excluding hydrogens is 366 g/mol. The van der Waals surface area contributed by atoms with E-state index in [1.807, 2.05) is 37.3 Å². The molecule has 0 fully saturated rings. The molecule has 0 spiro atoms. The van der Waals surface area contributed by atoms with Crippen LogP contribution in [-0.4, -0.2) is 30.0 Å². The van der Waals surface area contributed by atoms with E-state index in [9.17, 15) is 5.11 Å². The molecular formula is C21H29N7O. The van der Waals surface area contributed by atoms with E-state index in [0.29, 0.717) is 17.9 Å². The summed E-state index contributed by atoms with van der Waals surface area (Å²) in [6, 6.07) is 9.82. The quantitative estimate of drug-likeness (QED) is 0.406. The highest BCUT2D eigenvalue weighted by molar-refractivity contribution is 5.55. The lowest BCUT2D eigenvalue weighted by Gasteiger charge is -2.21. The van der Waals surface area contributed by atoms with Gasteiger partial charge in [-0.1, -0.05) is 62.9 Å². The van der Waals surface area contributed by atoms with Crippen LogP contribution in [0.15, 0.2) is 30.3 Å². The SMILES string of the molecule is CCCCCCC(c1nc(N)nc(N)n1)C(O)c1nc(-c2ccccc2)[nH]c1C. The third kappa shape index (κ3) is 5.08. The van der Waals surface area contributed by atoms with Gasteiger partial charge < -0.3 is 21.6 Å². The molecule has 3 rings (SSSR count). The molecule has 0 aliphatic rings. The first-order valence-corrected chi connectivity index (χ1v) is 10.1. The molecule has 3 aromatic rings. The highest BCUT2D eigenvalue weighted by Crippen LogP contribution is 2.35. The van der Waals surface area contributed by atoms with Crippen LogP contribution >= 0.6 is 0 Å². The number of H-pyrrole nitrogens is 1. The van der Waals surface area contributed by atoms with Crippen molar-refractivity contribution >= 4 is 11.9 Å². The first-order valence-electron chi connectivity index (χ1n) is 10.1. The van der Waals surface area contributed by atoms with Crippen molar-refractivity contribution < 1.29 is 5.11 Å². The summed E-state index contributed by atoms with van der Waals surface area (Å²) >= 11 is 0. The number of anilines is 2. The van der Waals surface area contributed by atoms with Crippen molar-refractivity contribution in [2.45, 2.75) is 58.0 Å². The van der Waals surface area contributed by atoms with Crippen molar-refractivity contribution in [1.82, 2.24) is 24.9 Å². The predicted octanol–water partition coefficient (Wildman–Crippen LogP) is 3.52. The van der Waals surface area contributed by atoms with Gasteiger partial charge in [-0.25, -0.2) is 4.98 Å². The van der Waals surface area contributed by atoms with Crippen LogP contribution in [0.2, 0.25) is 0 Å². The van der Waals surface area contributed by atoms with Crippen LogP contribution in [-0.2, 0) is 0 Å². The molecule has 2 aromatic heterocycles. The molecule has 0 amide bonds. The van der Waals surface area contributed by atoms with Gasteiger partial charge in [-0.2, -0.15) is 15.0 Å². The average Bonchev–Trinajstić information content (AvgIpc) is 3.09. The van der Waals surface area contributed by atoms with E-state index in [1.165, 1.54) is 0 Å². The van der Waals surface area contributed by atoms with Crippen LogP contribution in [0.3, 0.4) is 0 Å². The highest BCUT2D eigenvalue weighted by atomic mass is 16.3. The Kier molecular flexibility index (Phi) is 6.77. The maximum absolute atomic E-state index is 11.2. The molecule has 8 heteroatoms. The Morgan fingerprint density at radius 2 is 1.66 bits per heavy atom. The van der Waals surface area contributed by atoms with E-state index in [2.05, 4.69) is 31.8 Å². The number of nitrogen functional groups attached to an aromatic ring is 2. The Balaban J connectivity index is 1.91. The van der Waals surface area contributed by atoms with Crippen molar-refractivity contribution in [2.24, 2.45) is 0 Å². The number of nitrogens with one attached hydrogen (secondary N) is 1. The maximum Gasteiger partial charge on any atom is 0.225 e.